The minimum Gasteiger partial charge on any atom is -0.452 e. The molecule has 216 valence electrons. The minimum absolute atomic E-state index is 0.249. The molecule has 9 heterocycles. The summed E-state index contributed by atoms with van der Waals surface area (Å²) in [6.07, 6.45) is 12.8. The second-order valence-electron chi connectivity index (χ2n) is 11.6. The quantitative estimate of drug-likeness (QED) is 0.323. The van der Waals surface area contributed by atoms with Crippen LogP contribution in [-0.2, 0) is 6.54 Å². The summed E-state index contributed by atoms with van der Waals surface area (Å²) in [7, 11) is 3.96. The van der Waals surface area contributed by atoms with Crippen LogP contribution < -0.4 is 19.3 Å². The Morgan fingerprint density at radius 3 is 2.60 bits per heavy atom. The molecule has 4 fully saturated rings. The number of hydrogen-bond acceptors (Lipinski definition) is 11. The zero-order chi connectivity index (χ0) is 28.2. The van der Waals surface area contributed by atoms with Crippen LogP contribution in [0.4, 0.5) is 11.5 Å². The van der Waals surface area contributed by atoms with Crippen LogP contribution >= 0.6 is 0 Å². The lowest BCUT2D eigenvalue weighted by Crippen LogP contribution is -2.68. The second-order valence-corrected chi connectivity index (χ2v) is 11.6. The van der Waals surface area contributed by atoms with Gasteiger partial charge in [0.2, 0.25) is 6.79 Å². The Bertz CT molecular complexity index is 1630. The smallest absolute Gasteiger partial charge is 0.260 e. The number of fused-ring (bicyclic) bond motifs is 4. The predicted molar refractivity (Wildman–Crippen MR) is 160 cm³/mol. The average Bonchev–Trinajstić information content (AvgIpc) is 3.67. The van der Waals surface area contributed by atoms with Crippen molar-refractivity contribution in [3.05, 3.63) is 54.2 Å². The van der Waals surface area contributed by atoms with Crippen molar-refractivity contribution in [1.29, 1.82) is 0 Å². The lowest BCUT2D eigenvalue weighted by molar-refractivity contribution is -0.00880. The molecule has 12 heteroatoms. The Hall–Kier alpha value is -4.29. The summed E-state index contributed by atoms with van der Waals surface area (Å²) in [4.78, 5) is 28.3. The molecule has 9 rings (SSSR count). The number of nitrogens with zero attached hydrogens (tertiary/aromatic N) is 10. The van der Waals surface area contributed by atoms with E-state index in [0.29, 0.717) is 18.0 Å². The summed E-state index contributed by atoms with van der Waals surface area (Å²) in [6.45, 7) is 7.03. The van der Waals surface area contributed by atoms with Gasteiger partial charge in [-0.05, 0) is 31.2 Å². The molecule has 4 saturated heterocycles. The van der Waals surface area contributed by atoms with Crippen LogP contribution in [-0.4, -0.2) is 113 Å². The van der Waals surface area contributed by atoms with E-state index in [1.165, 1.54) is 6.42 Å². The molecule has 0 saturated carbocycles. The standard InChI is InChI=1S/C30H34N10O2/c1-31-11-21-12-35-40-18-22(37-5-3-36(2)4-6-37)9-25(29(21)40)26-13-33-28(14-32-26)38-16-23-8-24(17-38)39(23)15-20-7-27-30(34-10-20)42-19-41-27/h7,9-14,18,23-24H,3-6,8,15-17,19H2,1-2H3. The van der Waals surface area contributed by atoms with E-state index < -0.39 is 0 Å². The first-order valence-electron chi connectivity index (χ1n) is 14.6. The summed E-state index contributed by atoms with van der Waals surface area (Å²) >= 11 is 0. The van der Waals surface area contributed by atoms with Gasteiger partial charge in [0, 0.05) is 88.5 Å². The third-order valence-corrected chi connectivity index (χ3v) is 9.00. The third kappa shape index (κ3) is 4.42. The molecule has 42 heavy (non-hydrogen) atoms. The van der Waals surface area contributed by atoms with Crippen LogP contribution in [0.1, 0.15) is 17.5 Å². The molecule has 12 nitrogen and oxygen atoms in total. The largest absolute Gasteiger partial charge is 0.452 e. The molecule has 2 atom stereocenters. The fourth-order valence-corrected chi connectivity index (χ4v) is 6.68. The van der Waals surface area contributed by atoms with Crippen LogP contribution in [0.3, 0.4) is 0 Å². The first-order chi connectivity index (χ1) is 20.6. The summed E-state index contributed by atoms with van der Waals surface area (Å²) in [6, 6.07) is 5.26. The first-order valence-corrected chi connectivity index (χ1v) is 14.6. The number of anilines is 2. The molecule has 4 aromatic heterocycles. The number of piperazine rings is 2. The highest BCUT2D eigenvalue weighted by molar-refractivity contribution is 5.96. The highest BCUT2D eigenvalue weighted by atomic mass is 16.7. The predicted octanol–water partition coefficient (Wildman–Crippen LogP) is 2.18. The van der Waals surface area contributed by atoms with Crippen molar-refractivity contribution in [3.63, 3.8) is 0 Å². The van der Waals surface area contributed by atoms with Crippen molar-refractivity contribution in [2.24, 2.45) is 4.99 Å². The van der Waals surface area contributed by atoms with Crippen molar-refractivity contribution < 1.29 is 9.47 Å². The topological polar surface area (TPSA) is 99.8 Å². The van der Waals surface area contributed by atoms with E-state index >= 15 is 0 Å². The zero-order valence-corrected chi connectivity index (χ0v) is 23.9. The molecule has 2 unspecified atom stereocenters. The molecule has 2 bridgehead atoms. The summed E-state index contributed by atoms with van der Waals surface area (Å²) < 4.78 is 12.8. The zero-order valence-electron chi connectivity index (χ0n) is 23.9. The Labute approximate surface area is 244 Å². The van der Waals surface area contributed by atoms with Crippen molar-refractivity contribution in [2.45, 2.75) is 25.0 Å². The van der Waals surface area contributed by atoms with Crippen molar-refractivity contribution in [3.8, 4) is 22.9 Å². The van der Waals surface area contributed by atoms with E-state index in [-0.39, 0.29) is 6.79 Å². The van der Waals surface area contributed by atoms with Crippen molar-refractivity contribution in [2.75, 3.05) is 70.0 Å². The number of pyridine rings is 2. The Kier molecular flexibility index (Phi) is 6.18. The summed E-state index contributed by atoms with van der Waals surface area (Å²) in [5, 5.41) is 4.66. The molecule has 5 aliphatic heterocycles. The molecule has 0 N–H and O–H groups in total. The third-order valence-electron chi connectivity index (χ3n) is 9.00. The van der Waals surface area contributed by atoms with E-state index in [2.05, 4.69) is 60.1 Å². The number of ether oxygens (including phenoxy) is 2. The molecule has 0 amide bonds. The molecule has 5 aliphatic rings. The van der Waals surface area contributed by atoms with E-state index in [0.717, 1.165) is 91.0 Å². The number of piperidine rings is 1. The number of hydrogen-bond donors (Lipinski definition) is 0. The maximum atomic E-state index is 5.52. The van der Waals surface area contributed by atoms with Gasteiger partial charge in [0.15, 0.2) is 5.75 Å². The van der Waals surface area contributed by atoms with Gasteiger partial charge in [-0.15, -0.1) is 0 Å². The van der Waals surface area contributed by atoms with Gasteiger partial charge in [-0.3, -0.25) is 14.9 Å². The van der Waals surface area contributed by atoms with Gasteiger partial charge in [-0.2, -0.15) is 5.10 Å². The Morgan fingerprint density at radius 2 is 1.81 bits per heavy atom. The lowest BCUT2D eigenvalue weighted by Gasteiger charge is -2.56. The van der Waals surface area contributed by atoms with Gasteiger partial charge in [0.1, 0.15) is 5.82 Å². The number of aromatic nitrogens is 5. The van der Waals surface area contributed by atoms with E-state index in [1.807, 2.05) is 35.5 Å². The number of rotatable bonds is 6. The van der Waals surface area contributed by atoms with E-state index in [4.69, 9.17) is 19.4 Å². The molecular weight excluding hydrogens is 532 g/mol. The summed E-state index contributed by atoms with van der Waals surface area (Å²) in [5.41, 5.74) is 6.12. The fraction of sp³-hybridized carbons (Fsp3) is 0.433. The van der Waals surface area contributed by atoms with Gasteiger partial charge >= 0.3 is 0 Å². The van der Waals surface area contributed by atoms with Crippen LogP contribution in [0, 0.1) is 0 Å². The maximum absolute atomic E-state index is 5.52. The minimum atomic E-state index is 0.249. The van der Waals surface area contributed by atoms with Gasteiger partial charge in [-0.1, -0.05) is 0 Å². The van der Waals surface area contributed by atoms with Crippen LogP contribution in [0.15, 0.2) is 48.1 Å². The van der Waals surface area contributed by atoms with E-state index in [9.17, 15) is 0 Å². The monoisotopic (exact) mass is 566 g/mol. The van der Waals surface area contributed by atoms with Crippen LogP contribution in [0.2, 0.25) is 0 Å². The molecule has 0 aliphatic carbocycles. The maximum Gasteiger partial charge on any atom is 0.260 e. The van der Waals surface area contributed by atoms with Gasteiger partial charge < -0.3 is 24.2 Å². The first kappa shape index (κ1) is 25.4. The highest BCUT2D eigenvalue weighted by Gasteiger charge is 2.45. The number of likely N-dealkylation sites (N-methyl/N-ethyl adjacent to an activating group) is 1. The molecule has 4 aromatic rings. The molecule has 0 spiro atoms. The normalized spacial score (nSPS) is 22.3. The Balaban J connectivity index is 1.02. The van der Waals surface area contributed by atoms with Gasteiger partial charge in [0.25, 0.3) is 5.88 Å². The SMILES string of the molecule is CN=Cc1cnn2cc(N3CCN(C)CC3)cc(-c3cnc(N4CC5CC(C4)N5Cc4cnc5c(c4)OCO5)cn3)c12. The lowest BCUT2D eigenvalue weighted by atomic mass is 9.87. The molecular formula is C30H34N10O2. The van der Waals surface area contributed by atoms with Crippen molar-refractivity contribution >= 4 is 23.2 Å². The second kappa shape index (κ2) is 10.2. The molecule has 0 radical (unpaired) electrons. The number of aliphatic imine (C=N–C) groups is 1. The Morgan fingerprint density at radius 1 is 0.952 bits per heavy atom. The average molecular weight is 567 g/mol. The van der Waals surface area contributed by atoms with Crippen molar-refractivity contribution in [1.82, 2.24) is 34.4 Å². The van der Waals surface area contributed by atoms with Crippen LogP contribution in [0.25, 0.3) is 16.8 Å². The van der Waals surface area contributed by atoms with Gasteiger partial charge in [-0.25, -0.2) is 14.5 Å². The van der Waals surface area contributed by atoms with Crippen LogP contribution in [0.5, 0.6) is 11.6 Å². The molecule has 0 aromatic carbocycles. The summed E-state index contributed by atoms with van der Waals surface area (Å²) in [5.74, 6) is 2.25. The van der Waals surface area contributed by atoms with Gasteiger partial charge in [0.05, 0.1) is 41.7 Å². The van der Waals surface area contributed by atoms with E-state index in [1.54, 1.807) is 7.05 Å². The fourth-order valence-electron chi connectivity index (χ4n) is 6.68. The highest BCUT2D eigenvalue weighted by Crippen LogP contribution is 2.37.